The molecule has 0 aliphatic heterocycles. The summed E-state index contributed by atoms with van der Waals surface area (Å²) in [6.45, 7) is 2.87. The second-order valence-corrected chi connectivity index (χ2v) is 8.34. The van der Waals surface area contributed by atoms with E-state index in [1.807, 2.05) is 0 Å². The molecule has 2 N–H and O–H groups in total. The molecule has 4 heteroatoms. The molecule has 0 radical (unpaired) electrons. The largest absolute Gasteiger partial charge is 0.478 e. The van der Waals surface area contributed by atoms with Crippen LogP contribution in [0.2, 0.25) is 0 Å². The molecule has 150 valence electrons. The Kier molecular flexibility index (Phi) is 7.07. The van der Waals surface area contributed by atoms with Crippen LogP contribution in [0.5, 0.6) is 0 Å². The lowest BCUT2D eigenvalue weighted by molar-refractivity contribution is -0.132. The van der Waals surface area contributed by atoms with Gasteiger partial charge in [0.05, 0.1) is 11.5 Å². The molecule has 1 aromatic rings. The highest BCUT2D eigenvalue weighted by molar-refractivity contribution is 5.91. The lowest BCUT2D eigenvalue weighted by atomic mass is 9.95. The zero-order chi connectivity index (χ0) is 19.9. The summed E-state index contributed by atoms with van der Waals surface area (Å²) in [5.74, 6) is 0.0636. The molecule has 0 heterocycles. The van der Waals surface area contributed by atoms with Crippen LogP contribution in [0.3, 0.4) is 0 Å². The monoisotopic (exact) mass is 381 g/mol. The van der Waals surface area contributed by atoms with Crippen molar-refractivity contribution in [1.29, 1.82) is 0 Å². The molecule has 0 bridgehead atoms. The van der Waals surface area contributed by atoms with Gasteiger partial charge in [-0.15, -0.1) is 0 Å². The predicted molar refractivity (Wildman–Crippen MR) is 111 cm³/mol. The summed E-state index contributed by atoms with van der Waals surface area (Å²) in [5, 5.41) is 12.0. The number of carbonyl (C=O) groups excluding carboxylic acids is 1. The number of rotatable bonds is 9. The van der Waals surface area contributed by atoms with E-state index in [0.717, 1.165) is 12.3 Å². The van der Waals surface area contributed by atoms with Gasteiger partial charge in [-0.25, -0.2) is 4.79 Å². The first kappa shape index (κ1) is 20.4. The summed E-state index contributed by atoms with van der Waals surface area (Å²) in [7, 11) is 0. The number of hydrogen-bond acceptors (Lipinski definition) is 2. The number of nitrogens with one attached hydrogen (secondary N) is 1. The summed E-state index contributed by atoms with van der Waals surface area (Å²) in [4.78, 5) is 23.1. The molecule has 0 aromatic heterocycles. The van der Waals surface area contributed by atoms with Gasteiger partial charge in [-0.2, -0.15) is 0 Å². The zero-order valence-electron chi connectivity index (χ0n) is 16.7. The van der Waals surface area contributed by atoms with Crippen molar-refractivity contribution in [3.8, 4) is 0 Å². The fraction of sp³-hybridized carbons (Fsp3) is 0.500. The van der Waals surface area contributed by atoms with E-state index in [4.69, 9.17) is 5.11 Å². The van der Waals surface area contributed by atoms with Gasteiger partial charge < -0.3 is 10.4 Å². The molecular formula is C24H31NO3. The number of benzene rings is 1. The van der Waals surface area contributed by atoms with Crippen molar-refractivity contribution >= 4 is 11.9 Å². The van der Waals surface area contributed by atoms with Crippen LogP contribution < -0.4 is 5.32 Å². The number of fused-ring (bicyclic) bond motifs is 1. The number of hydrogen-bond donors (Lipinski definition) is 2. The molecule has 0 saturated heterocycles. The van der Waals surface area contributed by atoms with Gasteiger partial charge in [-0.3, -0.25) is 4.79 Å². The lowest BCUT2D eigenvalue weighted by Crippen LogP contribution is -2.33. The first-order chi connectivity index (χ1) is 13.5. The Bertz CT molecular complexity index is 740. The van der Waals surface area contributed by atoms with Crippen molar-refractivity contribution in [3.05, 3.63) is 59.2 Å². The summed E-state index contributed by atoms with van der Waals surface area (Å²) in [6, 6.07) is 8.81. The first-order valence-electron chi connectivity index (χ1n) is 10.5. The van der Waals surface area contributed by atoms with E-state index in [1.54, 1.807) is 12.2 Å². The number of carboxylic acid groups (broad SMARTS) is 1. The van der Waals surface area contributed by atoms with Crippen molar-refractivity contribution < 1.29 is 14.7 Å². The van der Waals surface area contributed by atoms with Crippen LogP contribution in [-0.4, -0.2) is 23.5 Å². The maximum atomic E-state index is 12.3. The van der Waals surface area contributed by atoms with Gasteiger partial charge >= 0.3 is 5.97 Å². The third-order valence-corrected chi connectivity index (χ3v) is 6.00. The molecule has 28 heavy (non-hydrogen) atoms. The van der Waals surface area contributed by atoms with Gasteiger partial charge in [0.2, 0.25) is 5.91 Å². The fourth-order valence-electron chi connectivity index (χ4n) is 4.26. The highest BCUT2D eigenvalue weighted by Crippen LogP contribution is 2.30. The second-order valence-electron chi connectivity index (χ2n) is 8.34. The summed E-state index contributed by atoms with van der Waals surface area (Å²) in [6.07, 6.45) is 12.7. The highest BCUT2D eigenvalue weighted by atomic mass is 16.4. The Morgan fingerprint density at radius 1 is 1.18 bits per heavy atom. The number of amides is 1. The number of carboxylic acids is 1. The number of aliphatic carboxylic acids is 1. The van der Waals surface area contributed by atoms with Crippen molar-refractivity contribution in [2.45, 2.75) is 51.9 Å². The number of allylic oxidation sites excluding steroid dienone is 1. The van der Waals surface area contributed by atoms with Crippen LogP contribution in [-0.2, 0) is 22.4 Å². The first-order valence-corrected chi connectivity index (χ1v) is 10.5. The van der Waals surface area contributed by atoms with E-state index in [-0.39, 0.29) is 17.4 Å². The normalized spacial score (nSPS) is 19.8. The summed E-state index contributed by atoms with van der Waals surface area (Å²) >= 11 is 0. The summed E-state index contributed by atoms with van der Waals surface area (Å²) in [5.41, 5.74) is 3.33. The van der Waals surface area contributed by atoms with Gasteiger partial charge in [0.1, 0.15) is 0 Å². The molecule has 4 nitrogen and oxygen atoms in total. The molecule has 1 unspecified atom stereocenters. The Labute approximate surface area is 167 Å². The topological polar surface area (TPSA) is 66.4 Å². The SMILES string of the molecule is C[C@@H](CCCCC1Cc2ccccc2C1)CNC(=O)C1C=CC(C(=O)O)=CC1. The molecule has 0 fully saturated rings. The maximum Gasteiger partial charge on any atom is 0.335 e. The van der Waals surface area contributed by atoms with Crippen molar-refractivity contribution in [2.75, 3.05) is 6.54 Å². The summed E-state index contributed by atoms with van der Waals surface area (Å²) < 4.78 is 0. The minimum Gasteiger partial charge on any atom is -0.478 e. The average molecular weight is 382 g/mol. The smallest absolute Gasteiger partial charge is 0.335 e. The van der Waals surface area contributed by atoms with Gasteiger partial charge in [-0.1, -0.05) is 62.3 Å². The molecule has 0 saturated carbocycles. The van der Waals surface area contributed by atoms with Gasteiger partial charge in [0.25, 0.3) is 0 Å². The lowest BCUT2D eigenvalue weighted by Gasteiger charge is -2.17. The Morgan fingerprint density at radius 2 is 1.89 bits per heavy atom. The molecule has 2 aliphatic rings. The Balaban J connectivity index is 1.27. The van der Waals surface area contributed by atoms with Crippen LogP contribution in [0, 0.1) is 17.8 Å². The minimum atomic E-state index is -0.940. The van der Waals surface area contributed by atoms with Crippen LogP contribution in [0.15, 0.2) is 48.1 Å². The maximum absolute atomic E-state index is 12.3. The van der Waals surface area contributed by atoms with Gasteiger partial charge in [0, 0.05) is 6.54 Å². The third-order valence-electron chi connectivity index (χ3n) is 6.00. The van der Waals surface area contributed by atoms with Gasteiger partial charge in [-0.05, 0) is 55.1 Å². The average Bonchev–Trinajstić information content (AvgIpc) is 3.12. The minimum absolute atomic E-state index is 0.00694. The molecule has 3 rings (SSSR count). The van der Waals surface area contributed by atoms with Crippen LogP contribution in [0.4, 0.5) is 0 Å². The highest BCUT2D eigenvalue weighted by Gasteiger charge is 2.21. The van der Waals surface area contributed by atoms with E-state index < -0.39 is 5.97 Å². The molecule has 1 aromatic carbocycles. The van der Waals surface area contributed by atoms with E-state index in [2.05, 4.69) is 36.5 Å². The van der Waals surface area contributed by atoms with Crippen LogP contribution >= 0.6 is 0 Å². The van der Waals surface area contributed by atoms with Crippen molar-refractivity contribution in [2.24, 2.45) is 17.8 Å². The standard InChI is InChI=1S/C24H31NO3/c1-17(16-25-23(26)19-10-12-20(13-11-19)24(27)28)6-2-3-7-18-14-21-8-4-5-9-22(21)15-18/h4-5,8-10,12-13,17-19H,2-3,6-7,11,14-16H2,1H3,(H,25,26)(H,27,28)/t17-,19?/m0/s1. The molecule has 1 amide bonds. The molecule has 0 spiro atoms. The van der Waals surface area contributed by atoms with Crippen LogP contribution in [0.25, 0.3) is 0 Å². The Morgan fingerprint density at radius 3 is 2.50 bits per heavy atom. The molecule has 2 aliphatic carbocycles. The predicted octanol–water partition coefficient (Wildman–Crippen LogP) is 4.30. The molecule has 2 atom stereocenters. The van der Waals surface area contributed by atoms with E-state index >= 15 is 0 Å². The quantitative estimate of drug-likeness (QED) is 0.627. The second kappa shape index (κ2) is 9.72. The van der Waals surface area contributed by atoms with Crippen molar-refractivity contribution in [1.82, 2.24) is 5.32 Å². The number of carbonyl (C=O) groups is 2. The Hall–Kier alpha value is -2.36. The fourth-order valence-corrected chi connectivity index (χ4v) is 4.26. The number of unbranched alkanes of at least 4 members (excludes halogenated alkanes) is 1. The van der Waals surface area contributed by atoms with E-state index in [1.165, 1.54) is 49.3 Å². The van der Waals surface area contributed by atoms with Crippen LogP contribution in [0.1, 0.15) is 50.2 Å². The third kappa shape index (κ3) is 5.57. The van der Waals surface area contributed by atoms with E-state index in [0.29, 0.717) is 18.9 Å². The van der Waals surface area contributed by atoms with E-state index in [9.17, 15) is 9.59 Å². The zero-order valence-corrected chi connectivity index (χ0v) is 16.7. The van der Waals surface area contributed by atoms with Gasteiger partial charge in [0.15, 0.2) is 0 Å². The molecular weight excluding hydrogens is 350 g/mol. The van der Waals surface area contributed by atoms with Crippen molar-refractivity contribution in [3.63, 3.8) is 0 Å².